The second-order valence-corrected chi connectivity index (χ2v) is 8.96. The molecule has 10 nitrogen and oxygen atoms in total. The maximum absolute atomic E-state index is 11.7. The summed E-state index contributed by atoms with van der Waals surface area (Å²) in [6.45, 7) is 0.899. The molecule has 0 aliphatic heterocycles. The van der Waals surface area contributed by atoms with Gasteiger partial charge in [0, 0.05) is 22.7 Å². The number of carbonyl (C=O) groups excluding carboxylic acids is 1. The lowest BCUT2D eigenvalue weighted by Crippen LogP contribution is -2.42. The van der Waals surface area contributed by atoms with E-state index in [-0.39, 0.29) is 26.5 Å². The highest BCUT2D eigenvalue weighted by atomic mass is 35.5. The maximum atomic E-state index is 11.7. The van der Waals surface area contributed by atoms with Crippen molar-refractivity contribution in [1.82, 2.24) is 15.3 Å². The van der Waals surface area contributed by atoms with E-state index in [1.807, 2.05) is 0 Å². The molecule has 2 aromatic heterocycles. The minimum Gasteiger partial charge on any atom is -0.395 e. The fourth-order valence-corrected chi connectivity index (χ4v) is 4.39. The number of thiazole rings is 1. The molecule has 4 unspecified atom stereocenters. The van der Waals surface area contributed by atoms with Crippen molar-refractivity contribution in [2.75, 3.05) is 6.61 Å². The SMILES string of the molecule is CC(O)C(CO)OC(Sc1cc(Cl)cnc1C(N)=O)C(O)N/C=C(\N)c1nc(Cl)cs1. The van der Waals surface area contributed by atoms with Crippen LogP contribution in [0.2, 0.25) is 10.2 Å². The van der Waals surface area contributed by atoms with Crippen molar-refractivity contribution < 1.29 is 24.9 Å². The highest BCUT2D eigenvalue weighted by Crippen LogP contribution is 2.31. The van der Waals surface area contributed by atoms with E-state index < -0.39 is 36.4 Å². The molecule has 8 N–H and O–H groups in total. The number of ether oxygens (including phenoxy) is 1. The molecule has 170 valence electrons. The van der Waals surface area contributed by atoms with E-state index in [0.717, 1.165) is 11.8 Å². The van der Waals surface area contributed by atoms with Crippen LogP contribution in [0.5, 0.6) is 0 Å². The van der Waals surface area contributed by atoms with Gasteiger partial charge in [-0.15, -0.1) is 11.3 Å². The molecule has 31 heavy (non-hydrogen) atoms. The Morgan fingerprint density at radius 1 is 1.42 bits per heavy atom. The van der Waals surface area contributed by atoms with Gasteiger partial charge in [0.15, 0.2) is 11.7 Å². The molecule has 2 aromatic rings. The number of aliphatic hydroxyl groups excluding tert-OH is 3. The van der Waals surface area contributed by atoms with Crippen LogP contribution in [-0.2, 0) is 4.74 Å². The zero-order valence-corrected chi connectivity index (χ0v) is 19.3. The van der Waals surface area contributed by atoms with Gasteiger partial charge < -0.3 is 36.8 Å². The van der Waals surface area contributed by atoms with Gasteiger partial charge in [-0.2, -0.15) is 0 Å². The van der Waals surface area contributed by atoms with Gasteiger partial charge in [-0.05, 0) is 13.0 Å². The summed E-state index contributed by atoms with van der Waals surface area (Å²) >= 11 is 13.8. The van der Waals surface area contributed by atoms with Crippen LogP contribution in [0.15, 0.2) is 28.7 Å². The molecule has 0 saturated heterocycles. The molecule has 0 spiro atoms. The van der Waals surface area contributed by atoms with Gasteiger partial charge in [-0.3, -0.25) is 4.79 Å². The molecule has 2 rings (SSSR count). The van der Waals surface area contributed by atoms with E-state index >= 15 is 0 Å². The lowest BCUT2D eigenvalue weighted by molar-refractivity contribution is -0.0978. The molecule has 0 fully saturated rings. The van der Waals surface area contributed by atoms with Gasteiger partial charge in [0.2, 0.25) is 0 Å². The largest absolute Gasteiger partial charge is 0.395 e. The third kappa shape index (κ3) is 7.47. The molecule has 14 heteroatoms. The minimum absolute atomic E-state index is 0.0831. The maximum Gasteiger partial charge on any atom is 0.268 e. The molecule has 0 bridgehead atoms. The van der Waals surface area contributed by atoms with Crippen molar-refractivity contribution in [2.24, 2.45) is 11.5 Å². The summed E-state index contributed by atoms with van der Waals surface area (Å²) in [6.07, 6.45) is -0.932. The number of nitrogens with zero attached hydrogens (tertiary/aromatic N) is 2. The summed E-state index contributed by atoms with van der Waals surface area (Å²) in [7, 11) is 0. The number of aromatic nitrogens is 2. The molecule has 0 saturated carbocycles. The number of halogens is 2. The number of hydrogen-bond acceptors (Lipinski definition) is 11. The summed E-state index contributed by atoms with van der Waals surface area (Å²) in [6, 6.07) is 1.43. The molecule has 0 aliphatic carbocycles. The monoisotopic (exact) mass is 509 g/mol. The van der Waals surface area contributed by atoms with Gasteiger partial charge in [-0.25, -0.2) is 9.97 Å². The van der Waals surface area contributed by atoms with Gasteiger partial charge in [0.25, 0.3) is 5.91 Å². The van der Waals surface area contributed by atoms with E-state index in [4.69, 9.17) is 39.4 Å². The Morgan fingerprint density at radius 3 is 2.68 bits per heavy atom. The Morgan fingerprint density at radius 2 is 2.13 bits per heavy atom. The van der Waals surface area contributed by atoms with Crippen LogP contribution >= 0.6 is 46.3 Å². The summed E-state index contributed by atoms with van der Waals surface area (Å²) in [5.74, 6) is -0.806. The Bertz CT molecular complexity index is 930. The van der Waals surface area contributed by atoms with Crippen molar-refractivity contribution in [3.8, 4) is 0 Å². The van der Waals surface area contributed by atoms with Crippen LogP contribution in [0.3, 0.4) is 0 Å². The fourth-order valence-electron chi connectivity index (χ4n) is 2.17. The molecule has 0 aliphatic rings. The normalized spacial score (nSPS) is 15.9. The van der Waals surface area contributed by atoms with Gasteiger partial charge in [-0.1, -0.05) is 35.0 Å². The summed E-state index contributed by atoms with van der Waals surface area (Å²) in [4.78, 5) is 19.9. The second-order valence-electron chi connectivity index (χ2n) is 6.14. The molecule has 4 atom stereocenters. The Kier molecular flexibility index (Phi) is 9.78. The van der Waals surface area contributed by atoms with E-state index in [9.17, 15) is 20.1 Å². The number of aliphatic hydroxyl groups is 3. The number of rotatable bonds is 11. The van der Waals surface area contributed by atoms with Crippen molar-refractivity contribution in [3.63, 3.8) is 0 Å². The number of thioether (sulfide) groups is 1. The van der Waals surface area contributed by atoms with Gasteiger partial charge >= 0.3 is 0 Å². The van der Waals surface area contributed by atoms with Crippen LogP contribution in [0, 0.1) is 0 Å². The Hall–Kier alpha value is -1.64. The number of nitrogens with one attached hydrogen (secondary N) is 1. The molecule has 0 radical (unpaired) electrons. The van der Waals surface area contributed by atoms with E-state index in [1.165, 1.54) is 36.7 Å². The van der Waals surface area contributed by atoms with Crippen molar-refractivity contribution in [3.05, 3.63) is 44.7 Å². The topological polar surface area (TPSA) is 177 Å². The van der Waals surface area contributed by atoms with Crippen LogP contribution in [0.4, 0.5) is 0 Å². The first kappa shape index (κ1) is 25.6. The summed E-state index contributed by atoms with van der Waals surface area (Å²) in [5.41, 5.74) is 10.3. The lowest BCUT2D eigenvalue weighted by Gasteiger charge is -2.28. The average Bonchev–Trinajstić information content (AvgIpc) is 3.14. The number of nitrogens with two attached hydrogens (primary N) is 2. The van der Waals surface area contributed by atoms with Crippen LogP contribution in [0.25, 0.3) is 5.70 Å². The fraction of sp³-hybridized carbons (Fsp3) is 0.353. The van der Waals surface area contributed by atoms with Crippen LogP contribution in [-0.4, -0.2) is 61.7 Å². The zero-order chi connectivity index (χ0) is 23.1. The van der Waals surface area contributed by atoms with E-state index in [0.29, 0.717) is 5.01 Å². The predicted molar refractivity (Wildman–Crippen MR) is 119 cm³/mol. The standard InChI is InChI=1S/C17H21Cl2N5O5S2/c1-7(26)10(5-25)29-17(31-11-2-8(18)3-22-13(11)14(21)27)15(28)23-4-9(20)16-24-12(19)6-30-16/h2-4,6-7,10,15,17,23,25-26,28H,5,20H2,1H3,(H2,21,27)/b9-4-. The highest BCUT2D eigenvalue weighted by molar-refractivity contribution is 7.99. The number of primary amides is 1. The molecular weight excluding hydrogens is 489 g/mol. The first-order chi connectivity index (χ1) is 14.6. The second kappa shape index (κ2) is 11.8. The highest BCUT2D eigenvalue weighted by Gasteiger charge is 2.28. The smallest absolute Gasteiger partial charge is 0.268 e. The van der Waals surface area contributed by atoms with E-state index in [2.05, 4.69) is 15.3 Å². The van der Waals surface area contributed by atoms with E-state index in [1.54, 1.807) is 5.38 Å². The molecule has 1 amide bonds. The van der Waals surface area contributed by atoms with Crippen LogP contribution < -0.4 is 16.8 Å². The minimum atomic E-state index is -1.41. The Balaban J connectivity index is 2.27. The third-order valence-corrected chi connectivity index (χ3v) is 6.30. The summed E-state index contributed by atoms with van der Waals surface area (Å²) in [5, 5.41) is 35.2. The number of hydrogen-bond donors (Lipinski definition) is 6. The van der Waals surface area contributed by atoms with Crippen LogP contribution in [0.1, 0.15) is 22.4 Å². The predicted octanol–water partition coefficient (Wildman–Crippen LogP) is 0.986. The third-order valence-electron chi connectivity index (χ3n) is 3.71. The number of carbonyl (C=O) groups is 1. The molecule has 0 aromatic carbocycles. The molecular formula is C17H21Cl2N5O5S2. The van der Waals surface area contributed by atoms with Crippen molar-refractivity contribution >= 4 is 57.9 Å². The first-order valence-corrected chi connectivity index (χ1v) is 11.2. The van der Waals surface area contributed by atoms with Crippen molar-refractivity contribution in [1.29, 1.82) is 0 Å². The van der Waals surface area contributed by atoms with Crippen molar-refractivity contribution in [2.45, 2.75) is 35.7 Å². The summed E-state index contributed by atoms with van der Waals surface area (Å²) < 4.78 is 5.67. The Labute approximate surface area is 196 Å². The van der Waals surface area contributed by atoms with Gasteiger partial charge in [0.1, 0.15) is 22.0 Å². The molecule has 2 heterocycles. The lowest BCUT2D eigenvalue weighted by atomic mass is 10.2. The number of amides is 1. The quantitative estimate of drug-likeness (QED) is 0.189. The zero-order valence-electron chi connectivity index (χ0n) is 16.1. The first-order valence-electron chi connectivity index (χ1n) is 8.70. The average molecular weight is 510 g/mol. The van der Waals surface area contributed by atoms with Gasteiger partial charge in [0.05, 0.1) is 23.4 Å². The number of pyridine rings is 1.